The monoisotopic (exact) mass is 461 g/mol. The number of hydrogen-bond acceptors (Lipinski definition) is 6. The summed E-state index contributed by atoms with van der Waals surface area (Å²) < 4.78 is 10.5. The fraction of sp³-hybridized carbons (Fsp3) is 0.192. The van der Waals surface area contributed by atoms with Gasteiger partial charge in [-0.25, -0.2) is 4.79 Å². The fourth-order valence-electron chi connectivity index (χ4n) is 3.31. The third-order valence-electron chi connectivity index (χ3n) is 4.80. The Morgan fingerprint density at radius 2 is 1.47 bits per heavy atom. The lowest BCUT2D eigenvalue weighted by Gasteiger charge is -2.27. The van der Waals surface area contributed by atoms with Gasteiger partial charge in [0.2, 0.25) is 0 Å². The average Bonchev–Trinajstić information content (AvgIpc) is 2.83. The number of nitrogens with one attached hydrogen (secondary N) is 1. The van der Waals surface area contributed by atoms with E-state index in [2.05, 4.69) is 5.32 Å². The van der Waals surface area contributed by atoms with Crippen LogP contribution in [0.25, 0.3) is 0 Å². The van der Waals surface area contributed by atoms with E-state index >= 15 is 0 Å². The lowest BCUT2D eigenvalue weighted by atomic mass is 10.2. The van der Waals surface area contributed by atoms with E-state index in [-0.39, 0.29) is 29.9 Å². The molecule has 0 aliphatic heterocycles. The van der Waals surface area contributed by atoms with Crippen LogP contribution in [0.3, 0.4) is 0 Å². The molecule has 2 amide bonds. The first-order valence-corrected chi connectivity index (χ1v) is 10.8. The summed E-state index contributed by atoms with van der Waals surface area (Å²) in [4.78, 5) is 38.0. The van der Waals surface area contributed by atoms with Crippen molar-refractivity contribution in [1.82, 2.24) is 0 Å². The number of nitrogens with zero attached hydrogens (tertiary/aromatic N) is 1. The fourth-order valence-corrected chi connectivity index (χ4v) is 3.31. The zero-order valence-electron chi connectivity index (χ0n) is 19.1. The number of rotatable bonds is 10. The van der Waals surface area contributed by atoms with Crippen molar-refractivity contribution in [2.24, 2.45) is 5.73 Å². The molecule has 0 aliphatic carbocycles. The molecule has 0 saturated heterocycles. The highest BCUT2D eigenvalue weighted by Gasteiger charge is 2.22. The number of esters is 1. The van der Waals surface area contributed by atoms with Crippen LogP contribution in [-0.4, -0.2) is 37.0 Å². The van der Waals surface area contributed by atoms with Gasteiger partial charge >= 0.3 is 5.97 Å². The number of hydrogen-bond donors (Lipinski definition) is 2. The Morgan fingerprint density at radius 1 is 0.853 bits per heavy atom. The molecule has 3 N–H and O–H groups in total. The standard InChI is InChI=1S/C26H27N3O5/c1-18(2)29(21-14-12-20(13-15-21)28-19-8-4-3-5-9-19)25(31)17-34-26(32)22-10-6-7-11-23(22)33-16-24(27)30/h3-15,18,28H,16-17H2,1-2H3,(H2,27,30). The smallest absolute Gasteiger partial charge is 0.342 e. The Bertz CT molecular complexity index is 1130. The van der Waals surface area contributed by atoms with Crippen LogP contribution >= 0.6 is 0 Å². The van der Waals surface area contributed by atoms with Crippen LogP contribution in [0.2, 0.25) is 0 Å². The summed E-state index contributed by atoms with van der Waals surface area (Å²) in [6.07, 6.45) is 0. The molecule has 0 aromatic heterocycles. The van der Waals surface area contributed by atoms with E-state index in [9.17, 15) is 14.4 Å². The lowest BCUT2D eigenvalue weighted by molar-refractivity contribution is -0.122. The molecule has 0 radical (unpaired) electrons. The summed E-state index contributed by atoms with van der Waals surface area (Å²) in [6.45, 7) is 2.93. The summed E-state index contributed by atoms with van der Waals surface area (Å²) >= 11 is 0. The quantitative estimate of drug-likeness (QED) is 0.443. The lowest BCUT2D eigenvalue weighted by Crippen LogP contribution is -2.40. The minimum atomic E-state index is -0.737. The molecule has 34 heavy (non-hydrogen) atoms. The van der Waals surface area contributed by atoms with E-state index in [0.717, 1.165) is 11.4 Å². The largest absolute Gasteiger partial charge is 0.483 e. The number of anilines is 3. The van der Waals surface area contributed by atoms with Crippen molar-refractivity contribution in [3.63, 3.8) is 0 Å². The summed E-state index contributed by atoms with van der Waals surface area (Å²) in [5.41, 5.74) is 7.71. The van der Waals surface area contributed by atoms with E-state index in [1.54, 1.807) is 17.0 Å². The van der Waals surface area contributed by atoms with E-state index in [0.29, 0.717) is 5.69 Å². The Labute approximate surface area is 198 Å². The molecule has 0 heterocycles. The first-order valence-electron chi connectivity index (χ1n) is 10.8. The van der Waals surface area contributed by atoms with Crippen molar-refractivity contribution in [3.05, 3.63) is 84.4 Å². The van der Waals surface area contributed by atoms with Crippen LogP contribution in [0.1, 0.15) is 24.2 Å². The molecule has 3 rings (SSSR count). The van der Waals surface area contributed by atoms with Gasteiger partial charge in [-0.15, -0.1) is 0 Å². The second-order valence-electron chi connectivity index (χ2n) is 7.72. The summed E-state index contributed by atoms with van der Waals surface area (Å²) in [7, 11) is 0. The van der Waals surface area contributed by atoms with E-state index in [4.69, 9.17) is 15.2 Å². The predicted molar refractivity (Wildman–Crippen MR) is 130 cm³/mol. The van der Waals surface area contributed by atoms with Crippen molar-refractivity contribution in [3.8, 4) is 5.75 Å². The number of carbonyl (C=O) groups excluding carboxylic acids is 3. The predicted octanol–water partition coefficient (Wildman–Crippen LogP) is 3.89. The van der Waals surface area contributed by atoms with E-state index < -0.39 is 18.5 Å². The molecule has 0 unspecified atom stereocenters. The van der Waals surface area contributed by atoms with Crippen molar-refractivity contribution in [2.45, 2.75) is 19.9 Å². The third kappa shape index (κ3) is 6.59. The van der Waals surface area contributed by atoms with Gasteiger partial charge in [0, 0.05) is 23.1 Å². The zero-order chi connectivity index (χ0) is 24.5. The van der Waals surface area contributed by atoms with Crippen LogP contribution in [-0.2, 0) is 14.3 Å². The summed E-state index contributed by atoms with van der Waals surface area (Å²) in [6, 6.07) is 23.3. The van der Waals surface area contributed by atoms with E-state index in [1.807, 2.05) is 68.4 Å². The minimum absolute atomic E-state index is 0.101. The van der Waals surface area contributed by atoms with Crippen LogP contribution in [0.4, 0.5) is 17.1 Å². The third-order valence-corrected chi connectivity index (χ3v) is 4.80. The molecule has 0 atom stereocenters. The van der Waals surface area contributed by atoms with Gasteiger partial charge in [-0.2, -0.15) is 0 Å². The van der Waals surface area contributed by atoms with Crippen molar-refractivity contribution >= 4 is 34.8 Å². The maximum absolute atomic E-state index is 12.9. The number of nitrogens with two attached hydrogens (primary N) is 1. The normalized spacial score (nSPS) is 10.4. The number of carbonyl (C=O) groups is 3. The highest BCUT2D eigenvalue weighted by molar-refractivity contribution is 5.98. The molecule has 176 valence electrons. The van der Waals surface area contributed by atoms with Crippen LogP contribution < -0.4 is 20.7 Å². The van der Waals surface area contributed by atoms with Crippen LogP contribution in [0.15, 0.2) is 78.9 Å². The molecular weight excluding hydrogens is 434 g/mol. The molecule has 8 heteroatoms. The Morgan fingerprint density at radius 3 is 2.12 bits per heavy atom. The van der Waals surface area contributed by atoms with Gasteiger partial charge in [-0.3, -0.25) is 9.59 Å². The van der Waals surface area contributed by atoms with Crippen molar-refractivity contribution in [2.75, 3.05) is 23.4 Å². The zero-order valence-corrected chi connectivity index (χ0v) is 19.1. The molecule has 0 saturated carbocycles. The Balaban J connectivity index is 1.65. The molecule has 3 aromatic carbocycles. The number of ether oxygens (including phenoxy) is 2. The molecule has 0 aliphatic rings. The number of para-hydroxylation sites is 2. The molecule has 0 fully saturated rings. The topological polar surface area (TPSA) is 111 Å². The number of primary amides is 1. The molecule has 0 spiro atoms. The van der Waals surface area contributed by atoms with Gasteiger partial charge in [-0.1, -0.05) is 30.3 Å². The highest BCUT2D eigenvalue weighted by Crippen LogP contribution is 2.23. The van der Waals surface area contributed by atoms with Gasteiger partial charge in [0.25, 0.3) is 11.8 Å². The van der Waals surface area contributed by atoms with Gasteiger partial charge < -0.3 is 25.4 Å². The van der Waals surface area contributed by atoms with Crippen molar-refractivity contribution < 1.29 is 23.9 Å². The first-order chi connectivity index (χ1) is 16.3. The number of amides is 2. The van der Waals surface area contributed by atoms with Crippen LogP contribution in [0, 0.1) is 0 Å². The van der Waals surface area contributed by atoms with E-state index in [1.165, 1.54) is 12.1 Å². The van der Waals surface area contributed by atoms with Crippen molar-refractivity contribution in [1.29, 1.82) is 0 Å². The summed E-state index contributed by atoms with van der Waals surface area (Å²) in [5.74, 6) is -1.63. The average molecular weight is 462 g/mol. The highest BCUT2D eigenvalue weighted by atomic mass is 16.5. The maximum atomic E-state index is 12.9. The van der Waals surface area contributed by atoms with Crippen LogP contribution in [0.5, 0.6) is 5.75 Å². The Kier molecular flexibility index (Phi) is 8.23. The summed E-state index contributed by atoms with van der Waals surface area (Å²) in [5, 5.41) is 3.30. The van der Waals surface area contributed by atoms with Gasteiger partial charge in [0.15, 0.2) is 13.2 Å². The second-order valence-corrected chi connectivity index (χ2v) is 7.72. The molecule has 8 nitrogen and oxygen atoms in total. The molecular formula is C26H27N3O5. The number of benzene rings is 3. The second kappa shape index (κ2) is 11.5. The first kappa shape index (κ1) is 24.3. The molecule has 3 aromatic rings. The van der Waals surface area contributed by atoms with Gasteiger partial charge in [0.1, 0.15) is 11.3 Å². The minimum Gasteiger partial charge on any atom is -0.483 e. The molecule has 0 bridgehead atoms. The van der Waals surface area contributed by atoms with Gasteiger partial charge in [-0.05, 0) is 62.4 Å². The maximum Gasteiger partial charge on any atom is 0.342 e. The van der Waals surface area contributed by atoms with Gasteiger partial charge in [0.05, 0.1) is 0 Å². The SMILES string of the molecule is CC(C)N(C(=O)COC(=O)c1ccccc1OCC(N)=O)c1ccc(Nc2ccccc2)cc1. The Hall–Kier alpha value is -4.33.